The Morgan fingerprint density at radius 1 is 1.23 bits per heavy atom. The van der Waals surface area contributed by atoms with E-state index in [0.717, 1.165) is 50.6 Å². The number of terminal acetylenes is 1. The molecule has 3 nitrogen and oxygen atoms in total. The number of hydrogen-bond acceptors (Lipinski definition) is 3. The van der Waals surface area contributed by atoms with Crippen LogP contribution in [0.1, 0.15) is 52.4 Å². The zero-order chi connectivity index (χ0) is 15.3. The van der Waals surface area contributed by atoms with Crippen LogP contribution >= 0.6 is 12.4 Å². The van der Waals surface area contributed by atoms with Gasteiger partial charge in [0.2, 0.25) is 0 Å². The second kappa shape index (κ2) is 9.13. The smallest absolute Gasteiger partial charge is 0.128 e. The number of likely N-dealkylation sites (tertiary alicyclic amines) is 1. The van der Waals surface area contributed by atoms with Crippen molar-refractivity contribution in [2.75, 3.05) is 26.2 Å². The SMILES string of the molecule is C#CC1(OCC(O)CN2CC(C)CC(C)C2)CCCCC1.Cl. The fourth-order valence-corrected chi connectivity index (χ4v) is 4.00. The molecular formula is C18H32ClNO2. The summed E-state index contributed by atoms with van der Waals surface area (Å²) in [6.45, 7) is 7.82. The summed E-state index contributed by atoms with van der Waals surface area (Å²) in [5.74, 6) is 4.28. The first kappa shape index (κ1) is 19.8. The van der Waals surface area contributed by atoms with Gasteiger partial charge in [0.05, 0.1) is 12.7 Å². The van der Waals surface area contributed by atoms with Gasteiger partial charge in [0.1, 0.15) is 5.60 Å². The second-order valence-electron chi connectivity index (χ2n) is 7.33. The molecule has 0 aromatic rings. The predicted octanol–water partition coefficient (Wildman–Crippen LogP) is 3.10. The molecule has 3 unspecified atom stereocenters. The topological polar surface area (TPSA) is 32.7 Å². The van der Waals surface area contributed by atoms with E-state index in [1.807, 2.05) is 0 Å². The van der Waals surface area contributed by atoms with Crippen molar-refractivity contribution in [2.24, 2.45) is 11.8 Å². The highest BCUT2D eigenvalue weighted by molar-refractivity contribution is 5.85. The van der Waals surface area contributed by atoms with E-state index in [2.05, 4.69) is 24.7 Å². The van der Waals surface area contributed by atoms with Gasteiger partial charge in [-0.25, -0.2) is 0 Å². The van der Waals surface area contributed by atoms with Gasteiger partial charge in [-0.05, 0) is 43.9 Å². The normalized spacial score (nSPS) is 30.1. The summed E-state index contributed by atoms with van der Waals surface area (Å²) < 4.78 is 5.96. The molecule has 22 heavy (non-hydrogen) atoms. The van der Waals surface area contributed by atoms with Crippen LogP contribution in [0, 0.1) is 24.2 Å². The Morgan fingerprint density at radius 3 is 2.36 bits per heavy atom. The van der Waals surface area contributed by atoms with Crippen LogP contribution in [0.3, 0.4) is 0 Å². The molecule has 3 atom stereocenters. The fourth-order valence-electron chi connectivity index (χ4n) is 4.00. The van der Waals surface area contributed by atoms with Crippen molar-refractivity contribution in [3.63, 3.8) is 0 Å². The number of piperidine rings is 1. The van der Waals surface area contributed by atoms with Crippen molar-refractivity contribution in [1.29, 1.82) is 0 Å². The standard InChI is InChI=1S/C18H31NO2.ClH/c1-4-18(8-6-5-7-9-18)21-14-17(20)13-19-11-15(2)10-16(3)12-19;/h1,15-17,20H,5-14H2,2-3H3;1H. The molecule has 0 aromatic heterocycles. The molecule has 0 radical (unpaired) electrons. The molecule has 1 saturated heterocycles. The lowest BCUT2D eigenvalue weighted by molar-refractivity contribution is -0.0723. The monoisotopic (exact) mass is 329 g/mol. The molecule has 0 amide bonds. The minimum absolute atomic E-state index is 0. The van der Waals surface area contributed by atoms with Gasteiger partial charge in [-0.3, -0.25) is 0 Å². The molecule has 2 aliphatic rings. The predicted molar refractivity (Wildman–Crippen MR) is 93.2 cm³/mol. The highest BCUT2D eigenvalue weighted by Crippen LogP contribution is 2.31. The molecule has 128 valence electrons. The van der Waals surface area contributed by atoms with Gasteiger partial charge in [-0.1, -0.05) is 26.2 Å². The summed E-state index contributed by atoms with van der Waals surface area (Å²) in [6.07, 6.45) is 11.9. The number of aliphatic hydroxyl groups excluding tert-OH is 1. The van der Waals surface area contributed by atoms with Gasteiger partial charge in [0, 0.05) is 19.6 Å². The summed E-state index contributed by atoms with van der Waals surface area (Å²) in [5.41, 5.74) is -0.415. The van der Waals surface area contributed by atoms with Gasteiger partial charge in [0.15, 0.2) is 0 Å². The Balaban J connectivity index is 0.00000242. The van der Waals surface area contributed by atoms with Crippen molar-refractivity contribution < 1.29 is 9.84 Å². The van der Waals surface area contributed by atoms with E-state index in [1.54, 1.807) is 0 Å². The van der Waals surface area contributed by atoms with Crippen LogP contribution in [0.25, 0.3) is 0 Å². The maximum atomic E-state index is 10.3. The fraction of sp³-hybridized carbons (Fsp3) is 0.889. The highest BCUT2D eigenvalue weighted by atomic mass is 35.5. The van der Waals surface area contributed by atoms with Crippen molar-refractivity contribution in [1.82, 2.24) is 4.90 Å². The van der Waals surface area contributed by atoms with Gasteiger partial charge in [-0.2, -0.15) is 0 Å². The molecule has 2 fully saturated rings. The molecule has 4 heteroatoms. The first-order chi connectivity index (χ1) is 10.0. The minimum atomic E-state index is -0.436. The summed E-state index contributed by atoms with van der Waals surface area (Å²) >= 11 is 0. The largest absolute Gasteiger partial charge is 0.389 e. The molecule has 1 heterocycles. The average molecular weight is 330 g/mol. The van der Waals surface area contributed by atoms with Crippen LogP contribution in [0.15, 0.2) is 0 Å². The number of hydrogen-bond donors (Lipinski definition) is 1. The second-order valence-corrected chi connectivity index (χ2v) is 7.33. The van der Waals surface area contributed by atoms with E-state index >= 15 is 0 Å². The lowest BCUT2D eigenvalue weighted by atomic mass is 9.85. The van der Waals surface area contributed by atoms with Gasteiger partial charge in [0.25, 0.3) is 0 Å². The first-order valence-corrected chi connectivity index (χ1v) is 8.55. The van der Waals surface area contributed by atoms with Crippen LogP contribution in [0.5, 0.6) is 0 Å². The average Bonchev–Trinajstić information content (AvgIpc) is 2.45. The third kappa shape index (κ3) is 5.74. The minimum Gasteiger partial charge on any atom is -0.389 e. The molecule has 0 aromatic carbocycles. The zero-order valence-corrected chi connectivity index (χ0v) is 14.9. The summed E-state index contributed by atoms with van der Waals surface area (Å²) in [5, 5.41) is 10.3. The lowest BCUT2D eigenvalue weighted by Gasteiger charge is -2.37. The molecule has 1 N–H and O–H groups in total. The molecule has 1 aliphatic heterocycles. The van der Waals surface area contributed by atoms with E-state index in [0.29, 0.717) is 13.2 Å². The van der Waals surface area contributed by atoms with Crippen molar-refractivity contribution in [3.05, 3.63) is 0 Å². The van der Waals surface area contributed by atoms with Gasteiger partial charge >= 0.3 is 0 Å². The first-order valence-electron chi connectivity index (χ1n) is 8.55. The number of aliphatic hydroxyl groups is 1. The Kier molecular flexibility index (Phi) is 8.21. The number of nitrogens with zero attached hydrogens (tertiary/aromatic N) is 1. The Hall–Kier alpha value is -0.270. The van der Waals surface area contributed by atoms with Crippen LogP contribution < -0.4 is 0 Å². The van der Waals surface area contributed by atoms with Gasteiger partial charge < -0.3 is 14.7 Å². The number of halogens is 1. The Bertz CT molecular complexity index is 353. The maximum absolute atomic E-state index is 10.3. The zero-order valence-electron chi connectivity index (χ0n) is 14.1. The van der Waals surface area contributed by atoms with Crippen LogP contribution in [-0.4, -0.2) is 48.0 Å². The summed E-state index contributed by atoms with van der Waals surface area (Å²) in [6, 6.07) is 0. The Morgan fingerprint density at radius 2 is 1.82 bits per heavy atom. The third-order valence-corrected chi connectivity index (χ3v) is 4.89. The van der Waals surface area contributed by atoms with E-state index in [-0.39, 0.29) is 12.4 Å². The van der Waals surface area contributed by atoms with Crippen LogP contribution in [0.2, 0.25) is 0 Å². The third-order valence-electron chi connectivity index (χ3n) is 4.89. The van der Waals surface area contributed by atoms with Crippen LogP contribution in [-0.2, 0) is 4.74 Å². The molecule has 1 saturated carbocycles. The van der Waals surface area contributed by atoms with Crippen molar-refractivity contribution in [2.45, 2.75) is 64.1 Å². The van der Waals surface area contributed by atoms with E-state index in [4.69, 9.17) is 11.2 Å². The molecular weight excluding hydrogens is 298 g/mol. The molecule has 2 rings (SSSR count). The maximum Gasteiger partial charge on any atom is 0.128 e. The molecule has 0 spiro atoms. The molecule has 1 aliphatic carbocycles. The quantitative estimate of drug-likeness (QED) is 0.787. The summed E-state index contributed by atoms with van der Waals surface area (Å²) in [7, 11) is 0. The van der Waals surface area contributed by atoms with Crippen LogP contribution in [0.4, 0.5) is 0 Å². The number of β-amino-alcohol motifs (C(OH)–C–C–N with tert-alkyl or cyclic N) is 1. The number of rotatable bonds is 5. The number of ether oxygens (including phenoxy) is 1. The van der Waals surface area contributed by atoms with Crippen molar-refractivity contribution >= 4 is 12.4 Å². The van der Waals surface area contributed by atoms with E-state index < -0.39 is 11.7 Å². The van der Waals surface area contributed by atoms with Crippen molar-refractivity contribution in [3.8, 4) is 12.3 Å². The Labute approximate surface area is 142 Å². The summed E-state index contributed by atoms with van der Waals surface area (Å²) in [4.78, 5) is 2.37. The van der Waals surface area contributed by atoms with Gasteiger partial charge in [-0.15, -0.1) is 18.8 Å². The lowest BCUT2D eigenvalue weighted by Crippen LogP contribution is -2.45. The van der Waals surface area contributed by atoms with E-state index in [9.17, 15) is 5.11 Å². The van der Waals surface area contributed by atoms with E-state index in [1.165, 1.54) is 12.8 Å². The molecule has 0 bridgehead atoms. The highest BCUT2D eigenvalue weighted by Gasteiger charge is 2.32.